The third kappa shape index (κ3) is 5.52. The second kappa shape index (κ2) is 7.28. The monoisotopic (exact) mass is 293 g/mol. The van der Waals surface area contributed by atoms with Crippen LogP contribution in [0.25, 0.3) is 0 Å². The summed E-state index contributed by atoms with van der Waals surface area (Å²) in [6.45, 7) is 5.23. The second-order valence-corrected chi connectivity index (χ2v) is 4.87. The van der Waals surface area contributed by atoms with Gasteiger partial charge in [0.05, 0.1) is 5.56 Å². The van der Waals surface area contributed by atoms with Crippen LogP contribution in [0.2, 0.25) is 0 Å². The van der Waals surface area contributed by atoms with E-state index in [2.05, 4.69) is 16.0 Å². The maximum absolute atomic E-state index is 11.7. The number of amides is 3. The van der Waals surface area contributed by atoms with E-state index >= 15 is 0 Å². The maximum atomic E-state index is 11.7. The van der Waals surface area contributed by atoms with Crippen LogP contribution in [0.3, 0.4) is 0 Å². The highest BCUT2D eigenvalue weighted by Crippen LogP contribution is 2.09. The molecule has 7 nitrogen and oxygen atoms in total. The predicted octanol–water partition coefficient (Wildman–Crippen LogP) is 1.42. The first-order valence-electron chi connectivity index (χ1n) is 6.51. The van der Waals surface area contributed by atoms with Crippen molar-refractivity contribution in [2.24, 2.45) is 0 Å². The molecule has 1 unspecified atom stereocenters. The molecule has 0 saturated heterocycles. The Labute approximate surface area is 122 Å². The fourth-order valence-electron chi connectivity index (χ4n) is 1.54. The molecule has 21 heavy (non-hydrogen) atoms. The molecule has 0 spiro atoms. The molecule has 1 aromatic carbocycles. The van der Waals surface area contributed by atoms with Crippen molar-refractivity contribution in [3.63, 3.8) is 0 Å². The van der Waals surface area contributed by atoms with Gasteiger partial charge in [0.25, 0.3) is 0 Å². The van der Waals surface area contributed by atoms with Gasteiger partial charge < -0.3 is 21.1 Å². The summed E-state index contributed by atoms with van der Waals surface area (Å²) in [5.41, 5.74) is 0.569. The first-order chi connectivity index (χ1) is 9.79. The maximum Gasteiger partial charge on any atom is 0.335 e. The minimum atomic E-state index is -1.04. The number of aromatic carboxylic acids is 1. The Morgan fingerprint density at radius 3 is 2.05 bits per heavy atom. The van der Waals surface area contributed by atoms with Gasteiger partial charge in [0.15, 0.2) is 0 Å². The first kappa shape index (κ1) is 16.5. The van der Waals surface area contributed by atoms with Crippen molar-refractivity contribution in [2.45, 2.75) is 32.9 Å². The largest absolute Gasteiger partial charge is 0.478 e. The molecular weight excluding hydrogens is 274 g/mol. The average Bonchev–Trinajstić information content (AvgIpc) is 2.38. The first-order valence-corrected chi connectivity index (χ1v) is 6.51. The van der Waals surface area contributed by atoms with Gasteiger partial charge in [0.1, 0.15) is 6.04 Å². The molecule has 0 bridgehead atoms. The molecular formula is C14H19N3O4. The van der Waals surface area contributed by atoms with E-state index < -0.39 is 18.0 Å². The fourth-order valence-corrected chi connectivity index (χ4v) is 1.54. The molecule has 1 aromatic rings. The number of anilines is 1. The topological polar surface area (TPSA) is 108 Å². The lowest BCUT2D eigenvalue weighted by atomic mass is 10.2. The molecule has 4 N–H and O–H groups in total. The minimum absolute atomic E-state index is 0.00613. The van der Waals surface area contributed by atoms with Gasteiger partial charge in [-0.25, -0.2) is 9.59 Å². The van der Waals surface area contributed by atoms with Crippen molar-refractivity contribution < 1.29 is 19.5 Å². The minimum Gasteiger partial charge on any atom is -0.478 e. The molecule has 1 atom stereocenters. The number of urea groups is 1. The van der Waals surface area contributed by atoms with Gasteiger partial charge in [0, 0.05) is 11.7 Å². The van der Waals surface area contributed by atoms with Gasteiger partial charge in [0.2, 0.25) is 5.91 Å². The van der Waals surface area contributed by atoms with E-state index in [-0.39, 0.29) is 17.5 Å². The van der Waals surface area contributed by atoms with Gasteiger partial charge in [-0.3, -0.25) is 4.79 Å². The number of hydrogen-bond acceptors (Lipinski definition) is 3. The summed E-state index contributed by atoms with van der Waals surface area (Å²) < 4.78 is 0. The Balaban J connectivity index is 2.53. The molecule has 0 aliphatic carbocycles. The lowest BCUT2D eigenvalue weighted by molar-refractivity contribution is -0.123. The summed E-state index contributed by atoms with van der Waals surface area (Å²) in [6, 6.07) is 4.49. The van der Waals surface area contributed by atoms with Crippen LogP contribution in [0.4, 0.5) is 10.5 Å². The van der Waals surface area contributed by atoms with Crippen LogP contribution in [-0.2, 0) is 4.79 Å². The highest BCUT2D eigenvalue weighted by Gasteiger charge is 2.16. The standard InChI is InChI=1S/C14H19N3O4/c1-8(2)15-12(18)9(3)16-14(21)17-11-6-4-10(5-7-11)13(19)20/h4-9H,1-3H3,(H,15,18)(H,19,20)(H2,16,17,21). The SMILES string of the molecule is CC(C)NC(=O)C(C)NC(=O)Nc1ccc(C(=O)O)cc1. The van der Waals surface area contributed by atoms with E-state index in [1.165, 1.54) is 24.3 Å². The zero-order chi connectivity index (χ0) is 16.0. The molecule has 1 rings (SSSR count). The Bertz CT molecular complexity index is 526. The molecule has 0 saturated carbocycles. The number of benzene rings is 1. The zero-order valence-corrected chi connectivity index (χ0v) is 12.1. The summed E-state index contributed by atoms with van der Waals surface area (Å²) in [4.78, 5) is 34.1. The number of nitrogens with one attached hydrogen (secondary N) is 3. The van der Waals surface area contributed by atoms with Crippen molar-refractivity contribution in [1.82, 2.24) is 10.6 Å². The quantitative estimate of drug-likeness (QED) is 0.658. The summed E-state index contributed by atoms with van der Waals surface area (Å²) in [6.07, 6.45) is 0. The van der Waals surface area contributed by atoms with E-state index in [0.29, 0.717) is 5.69 Å². The number of carboxylic acids is 1. The predicted molar refractivity (Wildman–Crippen MR) is 78.3 cm³/mol. The van der Waals surface area contributed by atoms with Gasteiger partial charge in [-0.2, -0.15) is 0 Å². The van der Waals surface area contributed by atoms with Crippen molar-refractivity contribution in [3.8, 4) is 0 Å². The molecule has 114 valence electrons. The molecule has 0 heterocycles. The Kier molecular flexibility index (Phi) is 5.71. The van der Waals surface area contributed by atoms with E-state index in [1.54, 1.807) is 6.92 Å². The number of rotatable bonds is 5. The zero-order valence-electron chi connectivity index (χ0n) is 12.1. The van der Waals surface area contributed by atoms with Crippen molar-refractivity contribution in [1.29, 1.82) is 0 Å². The molecule has 0 aromatic heterocycles. The van der Waals surface area contributed by atoms with Crippen molar-refractivity contribution in [2.75, 3.05) is 5.32 Å². The molecule has 0 radical (unpaired) electrons. The number of carboxylic acid groups (broad SMARTS) is 1. The summed E-state index contributed by atoms with van der Waals surface area (Å²) in [5, 5.41) is 16.5. The third-order valence-corrected chi connectivity index (χ3v) is 2.56. The summed E-state index contributed by atoms with van der Waals surface area (Å²) in [7, 11) is 0. The third-order valence-electron chi connectivity index (χ3n) is 2.56. The van der Waals surface area contributed by atoms with Crippen LogP contribution in [0.15, 0.2) is 24.3 Å². The molecule has 0 fully saturated rings. The lowest BCUT2D eigenvalue weighted by Gasteiger charge is -2.16. The molecule has 0 aliphatic heterocycles. The van der Waals surface area contributed by atoms with Crippen LogP contribution in [0, 0.1) is 0 Å². The Morgan fingerprint density at radius 1 is 1.00 bits per heavy atom. The Morgan fingerprint density at radius 2 is 1.57 bits per heavy atom. The second-order valence-electron chi connectivity index (χ2n) is 4.87. The van der Waals surface area contributed by atoms with Crippen molar-refractivity contribution >= 4 is 23.6 Å². The lowest BCUT2D eigenvalue weighted by Crippen LogP contribution is -2.48. The van der Waals surface area contributed by atoms with Crippen LogP contribution >= 0.6 is 0 Å². The van der Waals surface area contributed by atoms with Crippen molar-refractivity contribution in [3.05, 3.63) is 29.8 Å². The smallest absolute Gasteiger partial charge is 0.335 e. The van der Waals surface area contributed by atoms with Crippen LogP contribution in [0.5, 0.6) is 0 Å². The molecule has 3 amide bonds. The van der Waals surface area contributed by atoms with E-state index in [4.69, 9.17) is 5.11 Å². The normalized spacial score (nSPS) is 11.6. The van der Waals surface area contributed by atoms with E-state index in [9.17, 15) is 14.4 Å². The number of carbonyl (C=O) groups is 3. The summed E-state index contributed by atoms with van der Waals surface area (Å²) >= 11 is 0. The van der Waals surface area contributed by atoms with E-state index in [0.717, 1.165) is 0 Å². The highest BCUT2D eigenvalue weighted by atomic mass is 16.4. The highest BCUT2D eigenvalue weighted by molar-refractivity contribution is 5.94. The number of carbonyl (C=O) groups excluding carboxylic acids is 2. The summed E-state index contributed by atoms with van der Waals surface area (Å²) in [5.74, 6) is -1.31. The van der Waals surface area contributed by atoms with Gasteiger partial charge in [-0.1, -0.05) is 0 Å². The average molecular weight is 293 g/mol. The Hall–Kier alpha value is -2.57. The number of hydrogen-bond donors (Lipinski definition) is 4. The van der Waals surface area contributed by atoms with Gasteiger partial charge in [-0.15, -0.1) is 0 Å². The molecule has 0 aliphatic rings. The fraction of sp³-hybridized carbons (Fsp3) is 0.357. The van der Waals surface area contributed by atoms with Crippen LogP contribution in [-0.4, -0.2) is 35.1 Å². The van der Waals surface area contributed by atoms with E-state index in [1.807, 2.05) is 13.8 Å². The van der Waals surface area contributed by atoms with Gasteiger partial charge in [-0.05, 0) is 45.0 Å². The van der Waals surface area contributed by atoms with Gasteiger partial charge >= 0.3 is 12.0 Å². The van der Waals surface area contributed by atoms with Crippen LogP contribution in [0.1, 0.15) is 31.1 Å². The van der Waals surface area contributed by atoms with Crippen LogP contribution < -0.4 is 16.0 Å². The molecule has 7 heteroatoms.